The molecule has 2 aromatic rings. The van der Waals surface area contributed by atoms with Gasteiger partial charge in [-0.3, -0.25) is 0 Å². The lowest BCUT2D eigenvalue weighted by Gasteiger charge is -2.19. The molecule has 0 aromatic heterocycles. The van der Waals surface area contributed by atoms with Gasteiger partial charge in [-0.1, -0.05) is 12.1 Å². The zero-order chi connectivity index (χ0) is 20.6. The zero-order valence-corrected chi connectivity index (χ0v) is 19.7. The molecule has 0 spiro atoms. The Morgan fingerprint density at radius 3 is 2.57 bits per heavy atom. The minimum atomic E-state index is -0.811. The van der Waals surface area contributed by atoms with Gasteiger partial charge >= 0.3 is 0 Å². The number of benzene rings is 2. The Balaban J connectivity index is 0.00000320. The lowest BCUT2D eigenvalue weighted by atomic mass is 10.1. The maximum absolute atomic E-state index is 13.5. The largest absolute Gasteiger partial charge is 0.497 e. The molecule has 1 saturated heterocycles. The number of methoxy groups -OCH3 is 1. The zero-order valence-electron chi connectivity index (χ0n) is 17.3. The summed E-state index contributed by atoms with van der Waals surface area (Å²) < 4.78 is 31.8. The average Bonchev–Trinajstić information content (AvgIpc) is 3.21. The van der Waals surface area contributed by atoms with E-state index in [9.17, 15) is 8.78 Å². The smallest absolute Gasteiger partial charge is 0.191 e. The van der Waals surface area contributed by atoms with Crippen molar-refractivity contribution in [2.75, 3.05) is 38.2 Å². The quantitative estimate of drug-likeness (QED) is 0.321. The van der Waals surface area contributed by atoms with Gasteiger partial charge in [-0.15, -0.1) is 24.0 Å². The summed E-state index contributed by atoms with van der Waals surface area (Å²) in [5, 5.41) is 6.67. The summed E-state index contributed by atoms with van der Waals surface area (Å²) in [4.78, 5) is 6.74. The van der Waals surface area contributed by atoms with Crippen LogP contribution in [0, 0.1) is 17.6 Å². The Bertz CT molecular complexity index is 832. The number of hydrogen-bond acceptors (Lipinski definition) is 3. The summed E-state index contributed by atoms with van der Waals surface area (Å²) in [5.74, 6) is 0.399. The number of nitrogens with one attached hydrogen (secondary N) is 2. The molecule has 2 aromatic carbocycles. The van der Waals surface area contributed by atoms with Crippen molar-refractivity contribution in [1.29, 1.82) is 0 Å². The molecule has 0 amide bonds. The normalized spacial score (nSPS) is 16.2. The molecule has 0 radical (unpaired) electrons. The minimum absolute atomic E-state index is 0. The van der Waals surface area contributed by atoms with E-state index in [1.807, 2.05) is 31.2 Å². The molecule has 1 aliphatic heterocycles. The van der Waals surface area contributed by atoms with Crippen LogP contribution in [0.5, 0.6) is 5.75 Å². The van der Waals surface area contributed by atoms with Crippen LogP contribution in [0.15, 0.2) is 47.5 Å². The maximum atomic E-state index is 13.5. The van der Waals surface area contributed by atoms with Gasteiger partial charge in [0.2, 0.25) is 0 Å². The molecule has 0 saturated carbocycles. The third-order valence-corrected chi connectivity index (χ3v) is 5.04. The Morgan fingerprint density at radius 1 is 1.13 bits per heavy atom. The van der Waals surface area contributed by atoms with E-state index in [1.54, 1.807) is 13.2 Å². The van der Waals surface area contributed by atoms with Crippen LogP contribution in [0.25, 0.3) is 0 Å². The van der Waals surface area contributed by atoms with Crippen molar-refractivity contribution in [3.05, 3.63) is 59.7 Å². The van der Waals surface area contributed by atoms with E-state index in [-0.39, 0.29) is 24.0 Å². The standard InChI is InChI=1S/C22H28F2N4O.HI/c1-3-25-22(26-13-16-4-7-19(29-2)8-5-16)27-14-17-10-11-28(15-17)18-6-9-20(23)21(24)12-18;/h4-9,12,17H,3,10-11,13-15H2,1-2H3,(H2,25,26,27);1H. The number of ether oxygens (including phenoxy) is 1. The second-order valence-corrected chi connectivity index (χ2v) is 7.12. The van der Waals surface area contributed by atoms with Gasteiger partial charge in [0, 0.05) is 37.9 Å². The van der Waals surface area contributed by atoms with Gasteiger partial charge in [0.1, 0.15) is 5.75 Å². The summed E-state index contributed by atoms with van der Waals surface area (Å²) >= 11 is 0. The Hall–Kier alpha value is -2.10. The van der Waals surface area contributed by atoms with Gasteiger partial charge in [-0.25, -0.2) is 13.8 Å². The molecule has 0 aliphatic carbocycles. The first-order valence-electron chi connectivity index (χ1n) is 9.94. The molecule has 0 bridgehead atoms. The highest BCUT2D eigenvalue weighted by molar-refractivity contribution is 14.0. The van der Waals surface area contributed by atoms with Crippen LogP contribution in [0.1, 0.15) is 18.9 Å². The molecule has 5 nitrogen and oxygen atoms in total. The Labute approximate surface area is 193 Å². The number of rotatable bonds is 7. The molecular formula is C22H29F2IN4O. The highest BCUT2D eigenvalue weighted by Gasteiger charge is 2.23. The lowest BCUT2D eigenvalue weighted by Crippen LogP contribution is -2.40. The van der Waals surface area contributed by atoms with Crippen molar-refractivity contribution in [2.45, 2.75) is 19.9 Å². The van der Waals surface area contributed by atoms with Gasteiger partial charge in [0.05, 0.1) is 13.7 Å². The number of nitrogens with zero attached hydrogens (tertiary/aromatic N) is 2. The van der Waals surface area contributed by atoms with E-state index in [0.29, 0.717) is 12.5 Å². The Morgan fingerprint density at radius 2 is 1.90 bits per heavy atom. The topological polar surface area (TPSA) is 48.9 Å². The highest BCUT2D eigenvalue weighted by atomic mass is 127. The van der Waals surface area contributed by atoms with Gasteiger partial charge in [0.25, 0.3) is 0 Å². The van der Waals surface area contributed by atoms with Crippen LogP contribution in [-0.4, -0.2) is 39.2 Å². The molecule has 30 heavy (non-hydrogen) atoms. The average molecular weight is 530 g/mol. The summed E-state index contributed by atoms with van der Waals surface area (Å²) in [6, 6.07) is 11.9. The van der Waals surface area contributed by atoms with E-state index >= 15 is 0 Å². The van der Waals surface area contributed by atoms with Crippen LogP contribution in [0.3, 0.4) is 0 Å². The lowest BCUT2D eigenvalue weighted by molar-refractivity contribution is 0.414. The number of aliphatic imine (C=N–C) groups is 1. The molecule has 1 aliphatic rings. The second kappa shape index (κ2) is 11.9. The molecular weight excluding hydrogens is 501 g/mol. The van der Waals surface area contributed by atoms with Crippen molar-refractivity contribution in [2.24, 2.45) is 10.9 Å². The first-order valence-corrected chi connectivity index (χ1v) is 9.94. The first kappa shape index (κ1) is 24.2. The fourth-order valence-corrected chi connectivity index (χ4v) is 3.40. The molecule has 8 heteroatoms. The van der Waals surface area contributed by atoms with E-state index < -0.39 is 11.6 Å². The highest BCUT2D eigenvalue weighted by Crippen LogP contribution is 2.25. The summed E-state index contributed by atoms with van der Waals surface area (Å²) in [6.45, 7) is 5.79. The van der Waals surface area contributed by atoms with Gasteiger partial charge in [-0.05, 0) is 49.1 Å². The second-order valence-electron chi connectivity index (χ2n) is 7.12. The fraction of sp³-hybridized carbons (Fsp3) is 0.409. The number of guanidine groups is 1. The third kappa shape index (κ3) is 6.72. The van der Waals surface area contributed by atoms with Crippen molar-refractivity contribution in [3.8, 4) is 5.75 Å². The summed E-state index contributed by atoms with van der Waals surface area (Å²) in [7, 11) is 1.65. The van der Waals surface area contributed by atoms with Crippen LogP contribution in [0.2, 0.25) is 0 Å². The van der Waals surface area contributed by atoms with Crippen molar-refractivity contribution in [1.82, 2.24) is 10.6 Å². The minimum Gasteiger partial charge on any atom is -0.497 e. The van der Waals surface area contributed by atoms with Crippen LogP contribution in [0.4, 0.5) is 14.5 Å². The van der Waals surface area contributed by atoms with Crippen LogP contribution in [-0.2, 0) is 6.54 Å². The van der Waals surface area contributed by atoms with E-state index in [2.05, 4.69) is 20.5 Å². The van der Waals surface area contributed by atoms with E-state index in [1.165, 1.54) is 12.1 Å². The predicted octanol–water partition coefficient (Wildman–Crippen LogP) is 4.17. The van der Waals surface area contributed by atoms with E-state index in [0.717, 1.165) is 55.6 Å². The molecule has 2 N–H and O–H groups in total. The SMILES string of the molecule is CCNC(=NCc1ccc(OC)cc1)NCC1CCN(c2ccc(F)c(F)c2)C1.I. The summed E-state index contributed by atoms with van der Waals surface area (Å²) in [5.41, 5.74) is 1.83. The van der Waals surface area contributed by atoms with Crippen LogP contribution >= 0.6 is 24.0 Å². The molecule has 3 rings (SSSR count). The third-order valence-electron chi connectivity index (χ3n) is 5.04. The first-order chi connectivity index (χ1) is 14.1. The molecule has 1 fully saturated rings. The van der Waals surface area contributed by atoms with Crippen molar-refractivity contribution in [3.63, 3.8) is 0 Å². The maximum Gasteiger partial charge on any atom is 0.191 e. The number of halogens is 3. The van der Waals surface area contributed by atoms with Gasteiger partial charge < -0.3 is 20.3 Å². The van der Waals surface area contributed by atoms with Gasteiger partial charge in [-0.2, -0.15) is 0 Å². The number of hydrogen-bond donors (Lipinski definition) is 2. The predicted molar refractivity (Wildman–Crippen MR) is 128 cm³/mol. The van der Waals surface area contributed by atoms with Crippen molar-refractivity contribution >= 4 is 35.6 Å². The van der Waals surface area contributed by atoms with E-state index in [4.69, 9.17) is 4.74 Å². The molecule has 1 unspecified atom stereocenters. The van der Waals surface area contributed by atoms with Gasteiger partial charge in [0.15, 0.2) is 17.6 Å². The monoisotopic (exact) mass is 530 g/mol. The fourth-order valence-electron chi connectivity index (χ4n) is 3.40. The van der Waals surface area contributed by atoms with Crippen LogP contribution < -0.4 is 20.3 Å². The van der Waals surface area contributed by atoms with Crippen molar-refractivity contribution < 1.29 is 13.5 Å². The molecule has 1 heterocycles. The number of anilines is 1. The summed E-state index contributed by atoms with van der Waals surface area (Å²) in [6.07, 6.45) is 0.990. The molecule has 1 atom stereocenters. The molecule has 164 valence electrons. The Kier molecular flexibility index (Phi) is 9.61.